The van der Waals surface area contributed by atoms with Gasteiger partial charge in [-0.15, -0.1) is 0 Å². The van der Waals surface area contributed by atoms with Crippen molar-refractivity contribution in [3.05, 3.63) is 56.7 Å². The highest BCUT2D eigenvalue weighted by molar-refractivity contribution is 6.35. The van der Waals surface area contributed by atoms with Gasteiger partial charge in [-0.25, -0.2) is 0 Å². The number of carbonyl (C=O) groups excluding carboxylic acids is 2. The Morgan fingerprint density at radius 2 is 1.56 bits per heavy atom. The Morgan fingerprint density at radius 1 is 0.926 bits per heavy atom. The van der Waals surface area contributed by atoms with Crippen molar-refractivity contribution in [2.24, 2.45) is 0 Å². The molecule has 3 aromatic rings. The van der Waals surface area contributed by atoms with Gasteiger partial charge >= 0.3 is 11.9 Å². The topological polar surface area (TPSA) is 82.8 Å². The minimum Gasteiger partial charge on any atom is -0.452 e. The molecule has 0 aliphatic carbocycles. The van der Waals surface area contributed by atoms with Crippen molar-refractivity contribution in [2.45, 2.75) is 13.8 Å². The van der Waals surface area contributed by atoms with Crippen molar-refractivity contribution < 1.29 is 23.5 Å². The maximum atomic E-state index is 12.5. The van der Waals surface area contributed by atoms with E-state index in [1.165, 1.54) is 38.1 Å². The molecule has 0 atom stereocenters. The van der Waals surface area contributed by atoms with Gasteiger partial charge in [-0.05, 0) is 30.3 Å². The van der Waals surface area contributed by atoms with E-state index in [1.54, 1.807) is 12.1 Å². The summed E-state index contributed by atoms with van der Waals surface area (Å²) in [5.41, 5.74) is 0.0332. The standard InChI is InChI=1S/C19H12Cl2O6/c1-9(22)25-16-4-3-14-15(24)8-17(11-5-12(20)7-13(21)6-11)27-18(14)19(16)26-10(2)23/h3-8H,1-2H3. The van der Waals surface area contributed by atoms with Gasteiger partial charge in [0.1, 0.15) is 5.76 Å². The summed E-state index contributed by atoms with van der Waals surface area (Å²) < 4.78 is 16.0. The van der Waals surface area contributed by atoms with E-state index < -0.39 is 11.9 Å². The second-order valence-corrected chi connectivity index (χ2v) is 6.46. The van der Waals surface area contributed by atoms with Gasteiger partial charge in [-0.3, -0.25) is 14.4 Å². The summed E-state index contributed by atoms with van der Waals surface area (Å²) in [6, 6.07) is 8.72. The lowest BCUT2D eigenvalue weighted by Crippen LogP contribution is -2.09. The number of benzene rings is 2. The molecule has 1 aromatic heterocycles. The number of ether oxygens (including phenoxy) is 2. The van der Waals surface area contributed by atoms with Crippen LogP contribution in [0.4, 0.5) is 0 Å². The maximum absolute atomic E-state index is 12.5. The molecule has 0 bridgehead atoms. The Hall–Kier alpha value is -2.83. The number of rotatable bonds is 3. The normalized spacial score (nSPS) is 10.7. The summed E-state index contributed by atoms with van der Waals surface area (Å²) in [7, 11) is 0. The Kier molecular flexibility index (Phi) is 5.21. The van der Waals surface area contributed by atoms with E-state index in [1.807, 2.05) is 0 Å². The van der Waals surface area contributed by atoms with Crippen LogP contribution >= 0.6 is 23.2 Å². The van der Waals surface area contributed by atoms with Crippen LogP contribution in [-0.4, -0.2) is 11.9 Å². The molecule has 0 spiro atoms. The van der Waals surface area contributed by atoms with Gasteiger partial charge in [0, 0.05) is 35.5 Å². The smallest absolute Gasteiger partial charge is 0.308 e. The quantitative estimate of drug-likeness (QED) is 0.466. The van der Waals surface area contributed by atoms with Crippen LogP contribution in [0.25, 0.3) is 22.3 Å². The molecule has 0 N–H and O–H groups in total. The van der Waals surface area contributed by atoms with E-state index in [2.05, 4.69) is 0 Å². The van der Waals surface area contributed by atoms with Crippen LogP contribution in [-0.2, 0) is 9.59 Å². The van der Waals surface area contributed by atoms with E-state index >= 15 is 0 Å². The molecular formula is C19H12Cl2O6. The van der Waals surface area contributed by atoms with Gasteiger partial charge in [0.2, 0.25) is 5.75 Å². The van der Waals surface area contributed by atoms with Gasteiger partial charge < -0.3 is 13.9 Å². The van der Waals surface area contributed by atoms with Gasteiger partial charge in [0.15, 0.2) is 16.8 Å². The number of fused-ring (bicyclic) bond motifs is 1. The lowest BCUT2D eigenvalue weighted by molar-refractivity contribution is -0.134. The fraction of sp³-hybridized carbons (Fsp3) is 0.105. The van der Waals surface area contributed by atoms with Crippen LogP contribution in [0, 0.1) is 0 Å². The molecule has 0 radical (unpaired) electrons. The van der Waals surface area contributed by atoms with Gasteiger partial charge in [0.25, 0.3) is 0 Å². The number of carbonyl (C=O) groups is 2. The summed E-state index contributed by atoms with van der Waals surface area (Å²) in [5.74, 6) is -1.35. The van der Waals surface area contributed by atoms with Crippen molar-refractivity contribution in [3.8, 4) is 22.8 Å². The highest BCUT2D eigenvalue weighted by Crippen LogP contribution is 2.37. The van der Waals surface area contributed by atoms with Crippen molar-refractivity contribution in [2.75, 3.05) is 0 Å². The fourth-order valence-electron chi connectivity index (χ4n) is 2.49. The van der Waals surface area contributed by atoms with Crippen molar-refractivity contribution >= 4 is 46.1 Å². The first-order valence-electron chi connectivity index (χ1n) is 7.69. The molecule has 27 heavy (non-hydrogen) atoms. The summed E-state index contributed by atoms with van der Waals surface area (Å²) in [5, 5.41) is 0.863. The maximum Gasteiger partial charge on any atom is 0.308 e. The number of esters is 2. The summed E-state index contributed by atoms with van der Waals surface area (Å²) in [6.45, 7) is 2.37. The molecule has 0 unspecified atom stereocenters. The summed E-state index contributed by atoms with van der Waals surface area (Å²) in [6.07, 6.45) is 0. The summed E-state index contributed by atoms with van der Waals surface area (Å²) in [4.78, 5) is 35.4. The molecule has 0 saturated heterocycles. The lowest BCUT2D eigenvalue weighted by atomic mass is 10.1. The zero-order valence-corrected chi connectivity index (χ0v) is 15.7. The van der Waals surface area contributed by atoms with Crippen LogP contribution in [0.5, 0.6) is 11.5 Å². The molecule has 8 heteroatoms. The highest BCUT2D eigenvalue weighted by Gasteiger charge is 2.19. The Bertz CT molecular complexity index is 1110. The predicted molar refractivity (Wildman–Crippen MR) is 101 cm³/mol. The van der Waals surface area contributed by atoms with E-state index in [-0.39, 0.29) is 33.7 Å². The Labute approximate surface area is 163 Å². The third-order valence-electron chi connectivity index (χ3n) is 3.46. The van der Waals surface area contributed by atoms with Crippen molar-refractivity contribution in [1.82, 2.24) is 0 Å². The summed E-state index contributed by atoms with van der Waals surface area (Å²) >= 11 is 12.0. The Balaban J connectivity index is 2.32. The zero-order chi connectivity index (χ0) is 19.7. The van der Waals surface area contributed by atoms with Crippen LogP contribution in [0.3, 0.4) is 0 Å². The lowest BCUT2D eigenvalue weighted by Gasteiger charge is -2.11. The van der Waals surface area contributed by atoms with Crippen molar-refractivity contribution in [3.63, 3.8) is 0 Å². The molecule has 0 amide bonds. The van der Waals surface area contributed by atoms with Crippen LogP contribution in [0.1, 0.15) is 13.8 Å². The van der Waals surface area contributed by atoms with Crippen LogP contribution < -0.4 is 14.9 Å². The average molecular weight is 407 g/mol. The first-order chi connectivity index (χ1) is 12.7. The van der Waals surface area contributed by atoms with Crippen LogP contribution in [0.15, 0.2) is 45.6 Å². The average Bonchev–Trinajstić information content (AvgIpc) is 2.55. The van der Waals surface area contributed by atoms with Crippen LogP contribution in [0.2, 0.25) is 10.0 Å². The number of hydrogen-bond donors (Lipinski definition) is 0. The molecule has 2 aromatic carbocycles. The molecule has 0 saturated carbocycles. The second kappa shape index (κ2) is 7.42. The molecule has 3 rings (SSSR count). The largest absolute Gasteiger partial charge is 0.452 e. The van der Waals surface area contributed by atoms with Gasteiger partial charge in [0.05, 0.1) is 5.39 Å². The molecule has 0 aliphatic heterocycles. The fourth-order valence-corrected chi connectivity index (χ4v) is 3.02. The van der Waals surface area contributed by atoms with E-state index in [0.717, 1.165) is 0 Å². The molecule has 6 nitrogen and oxygen atoms in total. The third kappa shape index (κ3) is 4.13. The molecule has 138 valence electrons. The minimum absolute atomic E-state index is 0.0393. The molecule has 1 heterocycles. The molecule has 0 aliphatic rings. The van der Waals surface area contributed by atoms with E-state index in [0.29, 0.717) is 15.6 Å². The second-order valence-electron chi connectivity index (χ2n) is 5.59. The monoisotopic (exact) mass is 406 g/mol. The Morgan fingerprint density at radius 3 is 2.15 bits per heavy atom. The zero-order valence-electron chi connectivity index (χ0n) is 14.2. The number of hydrogen-bond acceptors (Lipinski definition) is 6. The van der Waals surface area contributed by atoms with E-state index in [9.17, 15) is 14.4 Å². The molecule has 0 fully saturated rings. The SMILES string of the molecule is CC(=O)Oc1ccc2c(=O)cc(-c3cc(Cl)cc(Cl)c3)oc2c1OC(C)=O. The van der Waals surface area contributed by atoms with Gasteiger partial charge in [-0.2, -0.15) is 0 Å². The predicted octanol–water partition coefficient (Wildman–Crippen LogP) is 4.62. The first kappa shape index (κ1) is 18.9. The number of halogens is 2. The van der Waals surface area contributed by atoms with E-state index in [4.69, 9.17) is 37.1 Å². The minimum atomic E-state index is -0.672. The van der Waals surface area contributed by atoms with Crippen molar-refractivity contribution in [1.29, 1.82) is 0 Å². The van der Waals surface area contributed by atoms with Gasteiger partial charge in [-0.1, -0.05) is 23.2 Å². The molecular weight excluding hydrogens is 395 g/mol. The first-order valence-corrected chi connectivity index (χ1v) is 8.44. The third-order valence-corrected chi connectivity index (χ3v) is 3.90. The highest BCUT2D eigenvalue weighted by atomic mass is 35.5.